The lowest BCUT2D eigenvalue weighted by molar-refractivity contribution is 0.148. The molecule has 20 heavy (non-hydrogen) atoms. The number of rotatable bonds is 3. The van der Waals surface area contributed by atoms with Crippen LogP contribution in [-0.2, 0) is 6.54 Å². The van der Waals surface area contributed by atoms with Crippen molar-refractivity contribution in [1.29, 1.82) is 0 Å². The smallest absolute Gasteiger partial charge is 0.135 e. The van der Waals surface area contributed by atoms with Gasteiger partial charge in [-0.15, -0.1) is 0 Å². The van der Waals surface area contributed by atoms with Gasteiger partial charge in [0.1, 0.15) is 11.0 Å². The van der Waals surface area contributed by atoms with Crippen LogP contribution in [0.25, 0.3) is 0 Å². The maximum Gasteiger partial charge on any atom is 0.135 e. The summed E-state index contributed by atoms with van der Waals surface area (Å²) < 4.78 is 0. The minimum atomic E-state index is 0.674. The number of likely N-dealkylation sites (N-methyl/N-ethyl adjacent to an activating group) is 1. The second kappa shape index (κ2) is 6.29. The van der Waals surface area contributed by atoms with E-state index in [4.69, 9.17) is 11.6 Å². The van der Waals surface area contributed by atoms with Gasteiger partial charge in [0, 0.05) is 51.4 Å². The van der Waals surface area contributed by atoms with E-state index >= 15 is 0 Å². The van der Waals surface area contributed by atoms with Gasteiger partial charge in [-0.05, 0) is 26.0 Å². The SMILES string of the molecule is CN1CCN(Cc2ccc(N3CCCC3)nc2Cl)CC1. The number of hydrogen-bond acceptors (Lipinski definition) is 4. The molecule has 0 bridgehead atoms. The average Bonchev–Trinajstić information content (AvgIpc) is 2.97. The molecule has 5 heteroatoms. The van der Waals surface area contributed by atoms with Crippen LogP contribution in [0.15, 0.2) is 12.1 Å². The summed E-state index contributed by atoms with van der Waals surface area (Å²) in [6.07, 6.45) is 2.53. The van der Waals surface area contributed by atoms with Crippen molar-refractivity contribution in [3.8, 4) is 0 Å². The standard InChI is InChI=1S/C15H23ClN4/c1-18-8-10-19(11-9-18)12-13-4-5-14(17-15(13)16)20-6-2-3-7-20/h4-5H,2-3,6-12H2,1H3. The van der Waals surface area contributed by atoms with E-state index in [2.05, 4.69) is 38.9 Å². The highest BCUT2D eigenvalue weighted by atomic mass is 35.5. The quantitative estimate of drug-likeness (QED) is 0.796. The summed E-state index contributed by atoms with van der Waals surface area (Å²) in [4.78, 5) is 11.7. The summed E-state index contributed by atoms with van der Waals surface area (Å²) in [6.45, 7) is 7.64. The van der Waals surface area contributed by atoms with Crippen LogP contribution in [0.3, 0.4) is 0 Å². The van der Waals surface area contributed by atoms with Crippen LogP contribution in [0.2, 0.25) is 5.15 Å². The Morgan fingerprint density at radius 3 is 2.40 bits per heavy atom. The first kappa shape index (κ1) is 14.1. The van der Waals surface area contributed by atoms with Crippen molar-refractivity contribution in [1.82, 2.24) is 14.8 Å². The summed E-state index contributed by atoms with van der Waals surface area (Å²) in [5.41, 5.74) is 1.15. The minimum absolute atomic E-state index is 0.674. The van der Waals surface area contributed by atoms with Gasteiger partial charge in [-0.3, -0.25) is 4.90 Å². The van der Waals surface area contributed by atoms with Gasteiger partial charge in [0.15, 0.2) is 0 Å². The second-order valence-electron chi connectivity index (χ2n) is 5.89. The zero-order valence-electron chi connectivity index (χ0n) is 12.2. The third-order valence-corrected chi connectivity index (χ3v) is 4.66. The Bertz CT molecular complexity index is 451. The summed E-state index contributed by atoms with van der Waals surface area (Å²) in [6, 6.07) is 4.28. The Morgan fingerprint density at radius 1 is 1.05 bits per heavy atom. The lowest BCUT2D eigenvalue weighted by Gasteiger charge is -2.32. The Hall–Kier alpha value is -0.840. The van der Waals surface area contributed by atoms with Crippen LogP contribution >= 0.6 is 11.6 Å². The monoisotopic (exact) mass is 294 g/mol. The van der Waals surface area contributed by atoms with E-state index in [1.54, 1.807) is 0 Å². The highest BCUT2D eigenvalue weighted by Gasteiger charge is 2.17. The molecule has 0 aromatic carbocycles. The molecule has 0 aliphatic carbocycles. The number of anilines is 1. The van der Waals surface area contributed by atoms with Crippen molar-refractivity contribution < 1.29 is 0 Å². The number of pyridine rings is 1. The molecule has 3 rings (SSSR count). The summed E-state index contributed by atoms with van der Waals surface area (Å²) in [5.74, 6) is 1.04. The molecule has 0 radical (unpaired) electrons. The maximum absolute atomic E-state index is 6.38. The van der Waals surface area contributed by atoms with E-state index in [0.717, 1.165) is 57.2 Å². The number of nitrogens with zero attached hydrogens (tertiary/aromatic N) is 4. The zero-order valence-corrected chi connectivity index (χ0v) is 12.9. The predicted octanol–water partition coefficient (Wildman–Crippen LogP) is 2.08. The lowest BCUT2D eigenvalue weighted by atomic mass is 10.2. The number of aromatic nitrogens is 1. The van der Waals surface area contributed by atoms with Gasteiger partial charge in [-0.1, -0.05) is 17.7 Å². The Balaban J connectivity index is 1.65. The van der Waals surface area contributed by atoms with Gasteiger partial charge in [-0.25, -0.2) is 4.98 Å². The highest BCUT2D eigenvalue weighted by molar-refractivity contribution is 6.30. The largest absolute Gasteiger partial charge is 0.357 e. The van der Waals surface area contributed by atoms with E-state index in [9.17, 15) is 0 Å². The van der Waals surface area contributed by atoms with E-state index < -0.39 is 0 Å². The molecule has 110 valence electrons. The van der Waals surface area contributed by atoms with Crippen LogP contribution in [0, 0.1) is 0 Å². The molecule has 2 fully saturated rings. The van der Waals surface area contributed by atoms with E-state index in [1.807, 2.05) is 0 Å². The summed E-state index contributed by atoms with van der Waals surface area (Å²) >= 11 is 6.38. The molecule has 2 aliphatic rings. The van der Waals surface area contributed by atoms with Gasteiger partial charge in [0.2, 0.25) is 0 Å². The molecule has 1 aromatic heterocycles. The average molecular weight is 295 g/mol. The molecule has 0 amide bonds. The molecule has 3 heterocycles. The molecule has 1 aromatic rings. The van der Waals surface area contributed by atoms with Crippen LogP contribution in [0.1, 0.15) is 18.4 Å². The molecule has 4 nitrogen and oxygen atoms in total. The van der Waals surface area contributed by atoms with Crippen molar-refractivity contribution in [2.75, 3.05) is 51.2 Å². The van der Waals surface area contributed by atoms with Crippen molar-refractivity contribution in [3.05, 3.63) is 22.8 Å². The molecular weight excluding hydrogens is 272 g/mol. The Labute approximate surface area is 126 Å². The molecule has 0 N–H and O–H groups in total. The minimum Gasteiger partial charge on any atom is -0.357 e. The highest BCUT2D eigenvalue weighted by Crippen LogP contribution is 2.23. The van der Waals surface area contributed by atoms with Crippen LogP contribution in [0.4, 0.5) is 5.82 Å². The number of hydrogen-bond donors (Lipinski definition) is 0. The van der Waals surface area contributed by atoms with E-state index in [-0.39, 0.29) is 0 Å². The van der Waals surface area contributed by atoms with Crippen LogP contribution in [-0.4, -0.2) is 61.1 Å². The fraction of sp³-hybridized carbons (Fsp3) is 0.667. The lowest BCUT2D eigenvalue weighted by Crippen LogP contribution is -2.43. The summed E-state index contributed by atoms with van der Waals surface area (Å²) in [7, 11) is 2.18. The zero-order chi connectivity index (χ0) is 13.9. The maximum atomic E-state index is 6.38. The fourth-order valence-corrected chi connectivity index (χ4v) is 3.15. The Morgan fingerprint density at radius 2 is 1.75 bits per heavy atom. The van der Waals surface area contributed by atoms with Crippen molar-refractivity contribution >= 4 is 17.4 Å². The van der Waals surface area contributed by atoms with E-state index in [0.29, 0.717) is 5.15 Å². The molecule has 0 saturated carbocycles. The molecule has 2 aliphatic heterocycles. The molecule has 2 saturated heterocycles. The van der Waals surface area contributed by atoms with Crippen molar-refractivity contribution in [3.63, 3.8) is 0 Å². The van der Waals surface area contributed by atoms with Gasteiger partial charge >= 0.3 is 0 Å². The van der Waals surface area contributed by atoms with Crippen LogP contribution < -0.4 is 4.90 Å². The third kappa shape index (κ3) is 3.25. The van der Waals surface area contributed by atoms with Gasteiger partial charge in [0.05, 0.1) is 0 Å². The molecule has 0 atom stereocenters. The van der Waals surface area contributed by atoms with Crippen LogP contribution in [0.5, 0.6) is 0 Å². The fourth-order valence-electron chi connectivity index (χ4n) is 2.94. The molecule has 0 unspecified atom stereocenters. The van der Waals surface area contributed by atoms with Gasteiger partial charge in [-0.2, -0.15) is 0 Å². The molecule has 0 spiro atoms. The summed E-state index contributed by atoms with van der Waals surface area (Å²) in [5, 5.41) is 0.674. The second-order valence-corrected chi connectivity index (χ2v) is 6.25. The third-order valence-electron chi connectivity index (χ3n) is 4.33. The van der Waals surface area contributed by atoms with Gasteiger partial charge in [0.25, 0.3) is 0 Å². The van der Waals surface area contributed by atoms with Crippen molar-refractivity contribution in [2.24, 2.45) is 0 Å². The first-order valence-corrected chi connectivity index (χ1v) is 7.91. The van der Waals surface area contributed by atoms with Crippen molar-refractivity contribution in [2.45, 2.75) is 19.4 Å². The topological polar surface area (TPSA) is 22.6 Å². The number of piperazine rings is 1. The first-order chi connectivity index (χ1) is 9.72. The molecular formula is C15H23ClN4. The normalized spacial score (nSPS) is 21.6. The van der Waals surface area contributed by atoms with Gasteiger partial charge < -0.3 is 9.80 Å². The number of halogens is 1. The first-order valence-electron chi connectivity index (χ1n) is 7.53. The van der Waals surface area contributed by atoms with E-state index in [1.165, 1.54) is 12.8 Å². The predicted molar refractivity (Wildman–Crippen MR) is 83.5 cm³/mol. The Kier molecular flexibility index (Phi) is 4.44.